The van der Waals surface area contributed by atoms with Crippen molar-refractivity contribution < 1.29 is 19.4 Å². The summed E-state index contributed by atoms with van der Waals surface area (Å²) >= 11 is 0. The number of hydrogen-bond acceptors (Lipinski definition) is 5. The quantitative estimate of drug-likeness (QED) is 0.699. The maximum Gasteiger partial charge on any atom is 0.354 e. The topological polar surface area (TPSA) is 73.6 Å². The Morgan fingerprint density at radius 3 is 2.84 bits per heavy atom. The molecule has 0 saturated carbocycles. The summed E-state index contributed by atoms with van der Waals surface area (Å²) in [5, 5.41) is 10.2. The molecule has 1 aromatic carbocycles. The molecule has 25 heavy (non-hydrogen) atoms. The monoisotopic (exact) mass is 340 g/mol. The van der Waals surface area contributed by atoms with Crippen LogP contribution in [0.3, 0.4) is 0 Å². The van der Waals surface area contributed by atoms with Crippen molar-refractivity contribution in [2.24, 2.45) is 0 Å². The van der Waals surface area contributed by atoms with Crippen molar-refractivity contribution >= 4 is 17.0 Å². The van der Waals surface area contributed by atoms with E-state index >= 15 is 0 Å². The van der Waals surface area contributed by atoms with E-state index in [2.05, 4.69) is 4.98 Å². The van der Waals surface area contributed by atoms with Crippen LogP contribution in [0.1, 0.15) is 17.4 Å². The number of pyridine rings is 1. The van der Waals surface area contributed by atoms with Crippen molar-refractivity contribution in [1.29, 1.82) is 0 Å². The molecule has 2 heterocycles. The lowest BCUT2D eigenvalue weighted by molar-refractivity contribution is 0.0588. The highest BCUT2D eigenvalue weighted by molar-refractivity contribution is 6.00. The highest BCUT2D eigenvalue weighted by atomic mass is 16.5. The van der Waals surface area contributed by atoms with Crippen LogP contribution in [0, 0.1) is 0 Å². The first-order chi connectivity index (χ1) is 12.2. The van der Waals surface area contributed by atoms with Gasteiger partial charge in [0.15, 0.2) is 0 Å². The molecule has 1 N–H and O–H groups in total. The van der Waals surface area contributed by atoms with Gasteiger partial charge in [-0.3, -0.25) is 0 Å². The van der Waals surface area contributed by atoms with E-state index in [4.69, 9.17) is 9.47 Å². The molecule has 0 radical (unpaired) electrons. The first-order valence-corrected chi connectivity index (χ1v) is 8.10. The van der Waals surface area contributed by atoms with E-state index < -0.39 is 5.97 Å². The first-order valence-electron chi connectivity index (χ1n) is 8.10. The number of benzene rings is 1. The van der Waals surface area contributed by atoms with Gasteiger partial charge in [-0.2, -0.15) is 0 Å². The molecule has 6 heteroatoms. The van der Waals surface area contributed by atoms with Gasteiger partial charge in [0.05, 0.1) is 20.3 Å². The van der Waals surface area contributed by atoms with Gasteiger partial charge in [0.25, 0.3) is 0 Å². The fourth-order valence-electron chi connectivity index (χ4n) is 2.92. The van der Waals surface area contributed by atoms with E-state index in [1.807, 2.05) is 37.3 Å². The van der Waals surface area contributed by atoms with Gasteiger partial charge in [0, 0.05) is 18.1 Å². The highest BCUT2D eigenvalue weighted by Crippen LogP contribution is 2.32. The van der Waals surface area contributed by atoms with Gasteiger partial charge in [-0.25, -0.2) is 9.78 Å². The van der Waals surface area contributed by atoms with Crippen molar-refractivity contribution in [3.05, 3.63) is 48.3 Å². The fraction of sp³-hybridized carbons (Fsp3) is 0.263. The molecule has 0 aliphatic carbocycles. The lowest BCUT2D eigenvalue weighted by Gasteiger charge is -2.08. The molecule has 0 fully saturated rings. The molecule has 130 valence electrons. The van der Waals surface area contributed by atoms with Crippen molar-refractivity contribution in [1.82, 2.24) is 9.55 Å². The summed E-state index contributed by atoms with van der Waals surface area (Å²) in [6.07, 6.45) is 1.69. The van der Waals surface area contributed by atoms with Crippen LogP contribution in [0.5, 0.6) is 5.75 Å². The Hall–Kier alpha value is -2.86. The van der Waals surface area contributed by atoms with Crippen LogP contribution in [-0.4, -0.2) is 41.0 Å². The zero-order valence-electron chi connectivity index (χ0n) is 14.2. The maximum atomic E-state index is 12.1. The van der Waals surface area contributed by atoms with Crippen LogP contribution in [0.4, 0.5) is 0 Å². The average molecular weight is 340 g/mol. The van der Waals surface area contributed by atoms with Crippen LogP contribution >= 0.6 is 0 Å². The number of methoxy groups -OCH3 is 1. The number of aliphatic hydroxyl groups excluding tert-OH is 1. The summed E-state index contributed by atoms with van der Waals surface area (Å²) in [6.45, 7) is 2.70. The van der Waals surface area contributed by atoms with Gasteiger partial charge in [-0.1, -0.05) is 12.1 Å². The van der Waals surface area contributed by atoms with E-state index in [9.17, 15) is 9.90 Å². The third kappa shape index (κ3) is 3.21. The summed E-state index contributed by atoms with van der Waals surface area (Å²) in [5.74, 6) is 0.327. The second-order valence-corrected chi connectivity index (χ2v) is 5.45. The van der Waals surface area contributed by atoms with Gasteiger partial charge in [0.1, 0.15) is 17.1 Å². The Balaban J connectivity index is 2.20. The van der Waals surface area contributed by atoms with E-state index in [-0.39, 0.29) is 13.2 Å². The number of esters is 1. The molecule has 0 unspecified atom stereocenters. The summed E-state index contributed by atoms with van der Waals surface area (Å²) in [4.78, 5) is 16.5. The van der Waals surface area contributed by atoms with Crippen LogP contribution in [0.2, 0.25) is 0 Å². The Bertz CT molecular complexity index is 902. The molecule has 3 aromatic rings. The lowest BCUT2D eigenvalue weighted by atomic mass is 10.0. The molecule has 0 spiro atoms. The smallest absolute Gasteiger partial charge is 0.354 e. The Morgan fingerprint density at radius 2 is 2.12 bits per heavy atom. The van der Waals surface area contributed by atoms with Gasteiger partial charge in [-0.15, -0.1) is 0 Å². The number of fused-ring (bicyclic) bond motifs is 1. The molecular formula is C19H20N2O4. The van der Waals surface area contributed by atoms with Gasteiger partial charge in [0.2, 0.25) is 0 Å². The lowest BCUT2D eigenvalue weighted by Crippen LogP contribution is -2.12. The molecule has 2 aromatic heterocycles. The molecule has 0 atom stereocenters. The Kier molecular flexibility index (Phi) is 5.00. The summed E-state index contributed by atoms with van der Waals surface area (Å²) in [5.41, 5.74) is 2.91. The van der Waals surface area contributed by atoms with Crippen molar-refractivity contribution in [2.75, 3.05) is 20.3 Å². The zero-order valence-corrected chi connectivity index (χ0v) is 14.2. The van der Waals surface area contributed by atoms with E-state index in [1.165, 1.54) is 7.11 Å². The third-order valence-electron chi connectivity index (χ3n) is 3.97. The number of aromatic nitrogens is 2. The standard InChI is InChI=1S/C19H20N2O4/c1-3-25-14-6-4-5-13(11-14)15-7-8-20-18-16(15)12-17(19(23)24-2)21(18)9-10-22/h4-8,11-12,22H,3,9-10H2,1-2H3. The highest BCUT2D eigenvalue weighted by Gasteiger charge is 2.19. The number of aliphatic hydroxyl groups is 1. The molecule has 0 aliphatic heterocycles. The molecule has 0 bridgehead atoms. The van der Waals surface area contributed by atoms with E-state index in [0.717, 1.165) is 22.3 Å². The van der Waals surface area contributed by atoms with E-state index in [1.54, 1.807) is 16.8 Å². The van der Waals surface area contributed by atoms with Crippen LogP contribution in [0.15, 0.2) is 42.6 Å². The van der Waals surface area contributed by atoms with Crippen LogP contribution in [-0.2, 0) is 11.3 Å². The average Bonchev–Trinajstić information content (AvgIpc) is 3.01. The maximum absolute atomic E-state index is 12.1. The molecule has 3 rings (SSSR count). The zero-order chi connectivity index (χ0) is 17.8. The number of carbonyl (C=O) groups excluding carboxylic acids is 1. The Morgan fingerprint density at radius 1 is 1.28 bits per heavy atom. The molecule has 6 nitrogen and oxygen atoms in total. The second kappa shape index (κ2) is 7.36. The number of carbonyl (C=O) groups is 1. The minimum Gasteiger partial charge on any atom is -0.494 e. The molecular weight excluding hydrogens is 320 g/mol. The molecule has 0 amide bonds. The van der Waals surface area contributed by atoms with Crippen LogP contribution in [0.25, 0.3) is 22.2 Å². The SMILES string of the molecule is CCOc1cccc(-c2ccnc3c2cc(C(=O)OC)n3CCO)c1. The summed E-state index contributed by atoms with van der Waals surface area (Å²) in [7, 11) is 1.34. The van der Waals surface area contributed by atoms with Crippen molar-refractivity contribution in [2.45, 2.75) is 13.5 Å². The number of hydrogen-bond donors (Lipinski definition) is 1. The Labute approximate surface area is 145 Å². The predicted octanol–water partition coefficient (Wildman–Crippen LogP) is 2.88. The van der Waals surface area contributed by atoms with Crippen LogP contribution < -0.4 is 4.74 Å². The third-order valence-corrected chi connectivity index (χ3v) is 3.97. The van der Waals surface area contributed by atoms with Gasteiger partial charge >= 0.3 is 5.97 Å². The van der Waals surface area contributed by atoms with Gasteiger partial charge in [-0.05, 0) is 42.3 Å². The summed E-state index contributed by atoms with van der Waals surface area (Å²) < 4.78 is 12.1. The van der Waals surface area contributed by atoms with Crippen molar-refractivity contribution in [3.63, 3.8) is 0 Å². The fourth-order valence-corrected chi connectivity index (χ4v) is 2.92. The summed E-state index contributed by atoms with van der Waals surface area (Å²) in [6, 6.07) is 11.4. The normalized spacial score (nSPS) is 10.8. The molecule has 0 aliphatic rings. The molecule has 0 saturated heterocycles. The minimum atomic E-state index is -0.458. The number of nitrogens with zero attached hydrogens (tertiary/aromatic N) is 2. The van der Waals surface area contributed by atoms with E-state index in [0.29, 0.717) is 17.9 Å². The predicted molar refractivity (Wildman–Crippen MR) is 94.8 cm³/mol. The number of ether oxygens (including phenoxy) is 2. The van der Waals surface area contributed by atoms with Gasteiger partial charge < -0.3 is 19.1 Å². The first kappa shape index (κ1) is 17.0. The van der Waals surface area contributed by atoms with Crippen molar-refractivity contribution in [3.8, 4) is 16.9 Å². The largest absolute Gasteiger partial charge is 0.494 e. The second-order valence-electron chi connectivity index (χ2n) is 5.45. The minimum absolute atomic E-state index is 0.0977. The number of rotatable bonds is 6.